The molecule has 6 heteroatoms. The summed E-state index contributed by atoms with van der Waals surface area (Å²) < 4.78 is 10.8. The standard InChI is InChI=1S/C15H20N4O2/c1-16-7-6-12-4-2-3-5-13(12)14-17-15(18-21-14)19-8-10-20-11-9-19/h2-5,16H,6-11H2,1H3. The number of nitrogens with one attached hydrogen (secondary N) is 1. The molecule has 3 rings (SSSR count). The van der Waals surface area contributed by atoms with Gasteiger partial charge in [0.15, 0.2) is 0 Å². The highest BCUT2D eigenvalue weighted by Gasteiger charge is 2.18. The van der Waals surface area contributed by atoms with Gasteiger partial charge < -0.3 is 19.5 Å². The van der Waals surface area contributed by atoms with Gasteiger partial charge in [-0.05, 0) is 36.8 Å². The molecule has 0 bridgehead atoms. The summed E-state index contributed by atoms with van der Waals surface area (Å²) in [4.78, 5) is 6.64. The van der Waals surface area contributed by atoms with Crippen LogP contribution in [-0.4, -0.2) is 50.0 Å². The summed E-state index contributed by atoms with van der Waals surface area (Å²) in [6, 6.07) is 8.16. The second-order valence-corrected chi connectivity index (χ2v) is 5.01. The lowest BCUT2D eigenvalue weighted by atomic mass is 10.0. The number of anilines is 1. The molecule has 112 valence electrons. The molecule has 0 saturated carbocycles. The monoisotopic (exact) mass is 288 g/mol. The number of aromatic nitrogens is 2. The number of nitrogens with zero attached hydrogens (tertiary/aromatic N) is 3. The average Bonchev–Trinajstić information content (AvgIpc) is 3.04. The van der Waals surface area contributed by atoms with Gasteiger partial charge in [-0.15, -0.1) is 0 Å². The van der Waals surface area contributed by atoms with E-state index in [9.17, 15) is 0 Å². The normalized spacial score (nSPS) is 15.4. The van der Waals surface area contributed by atoms with E-state index in [2.05, 4.69) is 26.4 Å². The van der Waals surface area contributed by atoms with Crippen molar-refractivity contribution in [1.29, 1.82) is 0 Å². The molecule has 1 aliphatic heterocycles. The lowest BCUT2D eigenvalue weighted by Gasteiger charge is -2.24. The summed E-state index contributed by atoms with van der Waals surface area (Å²) in [5.41, 5.74) is 2.23. The van der Waals surface area contributed by atoms with Gasteiger partial charge in [-0.3, -0.25) is 0 Å². The van der Waals surface area contributed by atoms with E-state index >= 15 is 0 Å². The Morgan fingerprint density at radius 3 is 2.86 bits per heavy atom. The van der Waals surface area contributed by atoms with E-state index in [0.717, 1.165) is 31.6 Å². The maximum Gasteiger partial charge on any atom is 0.266 e. The van der Waals surface area contributed by atoms with E-state index in [4.69, 9.17) is 9.26 Å². The zero-order valence-corrected chi connectivity index (χ0v) is 12.2. The fourth-order valence-electron chi connectivity index (χ4n) is 2.42. The number of rotatable bonds is 5. The van der Waals surface area contributed by atoms with Crippen LogP contribution >= 0.6 is 0 Å². The molecule has 0 radical (unpaired) electrons. The Kier molecular flexibility index (Phi) is 4.47. The minimum atomic E-state index is 0.586. The molecular formula is C15H20N4O2. The molecule has 2 heterocycles. The van der Waals surface area contributed by atoms with E-state index in [1.54, 1.807) is 0 Å². The van der Waals surface area contributed by atoms with Gasteiger partial charge in [-0.2, -0.15) is 4.98 Å². The highest BCUT2D eigenvalue weighted by Crippen LogP contribution is 2.24. The number of hydrogen-bond acceptors (Lipinski definition) is 6. The minimum Gasteiger partial charge on any atom is -0.378 e. The maximum atomic E-state index is 5.46. The van der Waals surface area contributed by atoms with Gasteiger partial charge in [-0.1, -0.05) is 18.2 Å². The third kappa shape index (κ3) is 3.22. The molecular weight excluding hydrogens is 268 g/mol. The van der Waals surface area contributed by atoms with Crippen molar-refractivity contribution in [2.75, 3.05) is 44.8 Å². The second-order valence-electron chi connectivity index (χ2n) is 5.01. The van der Waals surface area contributed by atoms with Crippen LogP contribution in [0.5, 0.6) is 0 Å². The quantitative estimate of drug-likeness (QED) is 0.895. The fourth-order valence-corrected chi connectivity index (χ4v) is 2.42. The molecule has 0 amide bonds. The van der Waals surface area contributed by atoms with Gasteiger partial charge >= 0.3 is 0 Å². The Morgan fingerprint density at radius 1 is 1.24 bits per heavy atom. The van der Waals surface area contributed by atoms with Crippen LogP contribution in [0.15, 0.2) is 28.8 Å². The molecule has 1 aromatic carbocycles. The van der Waals surface area contributed by atoms with Crippen LogP contribution in [0.25, 0.3) is 11.5 Å². The van der Waals surface area contributed by atoms with Crippen molar-refractivity contribution < 1.29 is 9.26 Å². The summed E-state index contributed by atoms with van der Waals surface area (Å²) in [6.07, 6.45) is 0.932. The Morgan fingerprint density at radius 2 is 2.05 bits per heavy atom. The van der Waals surface area contributed by atoms with E-state index < -0.39 is 0 Å². The second kappa shape index (κ2) is 6.69. The van der Waals surface area contributed by atoms with Crippen LogP contribution in [-0.2, 0) is 11.2 Å². The summed E-state index contributed by atoms with van der Waals surface area (Å²) in [5, 5.41) is 7.27. The molecule has 0 aliphatic carbocycles. The van der Waals surface area contributed by atoms with Crippen molar-refractivity contribution in [1.82, 2.24) is 15.5 Å². The molecule has 1 aliphatic rings. The van der Waals surface area contributed by atoms with Crippen molar-refractivity contribution in [3.05, 3.63) is 29.8 Å². The first-order valence-electron chi connectivity index (χ1n) is 7.28. The van der Waals surface area contributed by atoms with Gasteiger partial charge in [0, 0.05) is 18.7 Å². The topological polar surface area (TPSA) is 63.4 Å². The van der Waals surface area contributed by atoms with Crippen LogP contribution in [0.3, 0.4) is 0 Å². The Labute approximate surface area is 124 Å². The van der Waals surface area contributed by atoms with Gasteiger partial charge in [0.05, 0.1) is 13.2 Å². The Hall–Kier alpha value is -1.92. The van der Waals surface area contributed by atoms with Crippen LogP contribution in [0.2, 0.25) is 0 Å². The van der Waals surface area contributed by atoms with Crippen LogP contribution in [0.4, 0.5) is 5.95 Å². The molecule has 6 nitrogen and oxygen atoms in total. The summed E-state index contributed by atoms with van der Waals surface area (Å²) in [6.45, 7) is 3.95. The molecule has 1 fully saturated rings. The lowest BCUT2D eigenvalue weighted by molar-refractivity contribution is 0.121. The minimum absolute atomic E-state index is 0.586. The number of likely N-dealkylation sites (N-methyl/N-ethyl adjacent to an activating group) is 1. The van der Waals surface area contributed by atoms with E-state index in [1.165, 1.54) is 5.56 Å². The molecule has 0 spiro atoms. The Bertz CT molecular complexity index is 579. The van der Waals surface area contributed by atoms with Gasteiger partial charge in [0.25, 0.3) is 11.8 Å². The largest absolute Gasteiger partial charge is 0.378 e. The Balaban J connectivity index is 1.82. The fraction of sp³-hybridized carbons (Fsp3) is 0.467. The van der Waals surface area contributed by atoms with E-state index in [1.807, 2.05) is 25.2 Å². The van der Waals surface area contributed by atoms with Gasteiger partial charge in [0.2, 0.25) is 0 Å². The average molecular weight is 288 g/mol. The highest BCUT2D eigenvalue weighted by molar-refractivity contribution is 5.59. The zero-order valence-electron chi connectivity index (χ0n) is 12.2. The SMILES string of the molecule is CNCCc1ccccc1-c1nc(N2CCOCC2)no1. The highest BCUT2D eigenvalue weighted by atomic mass is 16.5. The summed E-state index contributed by atoms with van der Waals surface area (Å²) in [7, 11) is 1.95. The van der Waals surface area contributed by atoms with Gasteiger partial charge in [-0.25, -0.2) is 0 Å². The van der Waals surface area contributed by atoms with Crippen molar-refractivity contribution in [3.63, 3.8) is 0 Å². The first-order valence-corrected chi connectivity index (χ1v) is 7.28. The molecule has 0 atom stereocenters. The van der Waals surface area contributed by atoms with Crippen molar-refractivity contribution in [2.45, 2.75) is 6.42 Å². The molecule has 2 aromatic rings. The molecule has 1 saturated heterocycles. The van der Waals surface area contributed by atoms with E-state index in [0.29, 0.717) is 25.1 Å². The van der Waals surface area contributed by atoms with Crippen LogP contribution in [0.1, 0.15) is 5.56 Å². The molecule has 1 N–H and O–H groups in total. The van der Waals surface area contributed by atoms with Gasteiger partial charge in [0.1, 0.15) is 0 Å². The molecule has 1 aromatic heterocycles. The zero-order chi connectivity index (χ0) is 14.5. The van der Waals surface area contributed by atoms with Crippen molar-refractivity contribution in [2.24, 2.45) is 0 Å². The third-order valence-electron chi connectivity index (χ3n) is 3.60. The smallest absolute Gasteiger partial charge is 0.266 e. The number of ether oxygens (including phenoxy) is 1. The lowest BCUT2D eigenvalue weighted by Crippen LogP contribution is -2.36. The number of hydrogen-bond donors (Lipinski definition) is 1. The first kappa shape index (κ1) is 14.0. The van der Waals surface area contributed by atoms with Crippen LogP contribution in [0, 0.1) is 0 Å². The number of benzene rings is 1. The van der Waals surface area contributed by atoms with Crippen LogP contribution < -0.4 is 10.2 Å². The maximum absolute atomic E-state index is 5.46. The summed E-state index contributed by atoms with van der Waals surface area (Å²) in [5.74, 6) is 1.24. The number of morpholine rings is 1. The molecule has 21 heavy (non-hydrogen) atoms. The summed E-state index contributed by atoms with van der Waals surface area (Å²) >= 11 is 0. The van der Waals surface area contributed by atoms with Crippen molar-refractivity contribution in [3.8, 4) is 11.5 Å². The predicted molar refractivity (Wildman–Crippen MR) is 80.4 cm³/mol. The third-order valence-corrected chi connectivity index (χ3v) is 3.60. The molecule has 0 unspecified atom stereocenters. The van der Waals surface area contributed by atoms with E-state index in [-0.39, 0.29) is 0 Å². The predicted octanol–water partition coefficient (Wildman–Crippen LogP) is 1.34. The van der Waals surface area contributed by atoms with Crippen molar-refractivity contribution >= 4 is 5.95 Å². The first-order chi connectivity index (χ1) is 10.4.